The third kappa shape index (κ3) is 2.72. The molecule has 0 saturated heterocycles. The summed E-state index contributed by atoms with van der Waals surface area (Å²) in [6.07, 6.45) is 3.81. The van der Waals surface area contributed by atoms with Crippen LogP contribution in [0.5, 0.6) is 0 Å². The van der Waals surface area contributed by atoms with Gasteiger partial charge >= 0.3 is 0 Å². The lowest BCUT2D eigenvalue weighted by atomic mass is 10.2. The highest BCUT2D eigenvalue weighted by atomic mass is 15.4. The van der Waals surface area contributed by atoms with Gasteiger partial charge in [-0.2, -0.15) is 5.26 Å². The first-order chi connectivity index (χ1) is 10.4. The second-order valence-electron chi connectivity index (χ2n) is 4.43. The Labute approximate surface area is 122 Å². The van der Waals surface area contributed by atoms with Crippen LogP contribution in [0, 0.1) is 11.3 Å². The van der Waals surface area contributed by atoms with Gasteiger partial charge in [-0.15, -0.1) is 5.10 Å². The predicted molar refractivity (Wildman–Crippen MR) is 81.4 cm³/mol. The zero-order valence-corrected chi connectivity index (χ0v) is 11.2. The molecular weight excluding hydrogens is 260 g/mol. The van der Waals surface area contributed by atoms with E-state index < -0.39 is 0 Å². The topological polar surface area (TPSA) is 54.5 Å². The van der Waals surface area contributed by atoms with Crippen molar-refractivity contribution >= 4 is 12.2 Å². The summed E-state index contributed by atoms with van der Waals surface area (Å²) in [6.45, 7) is 0. The molecule has 0 spiro atoms. The van der Waals surface area contributed by atoms with Gasteiger partial charge in [-0.1, -0.05) is 59.8 Å². The Morgan fingerprint density at radius 1 is 0.905 bits per heavy atom. The van der Waals surface area contributed by atoms with Gasteiger partial charge in [-0.3, -0.25) is 0 Å². The monoisotopic (exact) mass is 272 g/mol. The molecule has 0 amide bonds. The molecule has 2 aromatic carbocycles. The van der Waals surface area contributed by atoms with Crippen LogP contribution in [0.3, 0.4) is 0 Å². The molecule has 0 aliphatic heterocycles. The third-order valence-electron chi connectivity index (χ3n) is 3.04. The van der Waals surface area contributed by atoms with Gasteiger partial charge in [-0.05, 0) is 23.8 Å². The fourth-order valence-corrected chi connectivity index (χ4v) is 2.02. The van der Waals surface area contributed by atoms with Crippen LogP contribution in [0.15, 0.2) is 60.7 Å². The maximum atomic E-state index is 9.18. The number of nitrogens with zero attached hydrogens (tertiary/aromatic N) is 4. The van der Waals surface area contributed by atoms with Crippen LogP contribution in [-0.2, 0) is 0 Å². The molecule has 0 bridgehead atoms. The van der Waals surface area contributed by atoms with Gasteiger partial charge in [0.05, 0.1) is 5.69 Å². The van der Waals surface area contributed by atoms with Crippen molar-refractivity contribution in [2.24, 2.45) is 0 Å². The van der Waals surface area contributed by atoms with Crippen molar-refractivity contribution in [1.29, 1.82) is 5.26 Å². The Morgan fingerprint density at radius 3 is 2.24 bits per heavy atom. The molecule has 0 aliphatic rings. The third-order valence-corrected chi connectivity index (χ3v) is 3.04. The first-order valence-electron chi connectivity index (χ1n) is 6.53. The van der Waals surface area contributed by atoms with Crippen LogP contribution >= 0.6 is 0 Å². The summed E-state index contributed by atoms with van der Waals surface area (Å²) in [6, 6.07) is 21.6. The summed E-state index contributed by atoms with van der Waals surface area (Å²) in [5, 5.41) is 17.2. The summed E-state index contributed by atoms with van der Waals surface area (Å²) in [5.41, 5.74) is 2.92. The maximum Gasteiger partial charge on any atom is 0.190 e. The molecule has 100 valence electrons. The van der Waals surface area contributed by atoms with E-state index in [0.29, 0.717) is 11.4 Å². The van der Waals surface area contributed by atoms with Crippen LogP contribution < -0.4 is 0 Å². The molecule has 21 heavy (non-hydrogen) atoms. The Kier molecular flexibility index (Phi) is 3.57. The molecule has 0 N–H and O–H groups in total. The number of nitriles is 1. The largest absolute Gasteiger partial charge is 0.212 e. The fraction of sp³-hybridized carbons (Fsp3) is 0. The van der Waals surface area contributed by atoms with E-state index in [1.807, 2.05) is 72.8 Å². The Bertz CT molecular complexity index is 796. The van der Waals surface area contributed by atoms with E-state index in [2.05, 4.69) is 16.4 Å². The minimum atomic E-state index is 0.311. The van der Waals surface area contributed by atoms with Gasteiger partial charge in [0.25, 0.3) is 0 Å². The van der Waals surface area contributed by atoms with Crippen molar-refractivity contribution in [3.05, 3.63) is 77.6 Å². The van der Waals surface area contributed by atoms with E-state index in [9.17, 15) is 5.26 Å². The smallest absolute Gasteiger partial charge is 0.190 e. The van der Waals surface area contributed by atoms with Crippen LogP contribution in [0.25, 0.3) is 17.8 Å². The van der Waals surface area contributed by atoms with E-state index in [1.54, 1.807) is 4.68 Å². The molecule has 0 unspecified atom stereocenters. The van der Waals surface area contributed by atoms with Crippen LogP contribution in [-0.4, -0.2) is 15.0 Å². The zero-order valence-electron chi connectivity index (χ0n) is 11.2. The molecule has 4 heteroatoms. The SMILES string of the molecule is N#Cc1nnn(-c2ccccc2)c1/C=C/c1ccccc1. The normalized spacial score (nSPS) is 10.6. The number of para-hydroxylation sites is 1. The maximum absolute atomic E-state index is 9.18. The van der Waals surface area contributed by atoms with E-state index in [4.69, 9.17) is 0 Å². The van der Waals surface area contributed by atoms with Crippen molar-refractivity contribution < 1.29 is 0 Å². The van der Waals surface area contributed by atoms with E-state index in [0.717, 1.165) is 11.3 Å². The number of rotatable bonds is 3. The van der Waals surface area contributed by atoms with Gasteiger partial charge in [0, 0.05) is 0 Å². The number of benzene rings is 2. The van der Waals surface area contributed by atoms with Gasteiger partial charge in [-0.25, -0.2) is 4.68 Å². The van der Waals surface area contributed by atoms with Crippen molar-refractivity contribution in [2.75, 3.05) is 0 Å². The second-order valence-corrected chi connectivity index (χ2v) is 4.43. The molecule has 0 saturated carbocycles. The number of hydrogen-bond acceptors (Lipinski definition) is 3. The summed E-state index contributed by atoms with van der Waals surface area (Å²) in [7, 11) is 0. The highest BCUT2D eigenvalue weighted by Crippen LogP contribution is 2.15. The molecule has 0 aliphatic carbocycles. The van der Waals surface area contributed by atoms with Crippen molar-refractivity contribution in [3.8, 4) is 11.8 Å². The van der Waals surface area contributed by atoms with Crippen LogP contribution in [0.2, 0.25) is 0 Å². The van der Waals surface area contributed by atoms with Crippen molar-refractivity contribution in [2.45, 2.75) is 0 Å². The highest BCUT2D eigenvalue weighted by molar-refractivity contribution is 5.70. The minimum Gasteiger partial charge on any atom is -0.212 e. The minimum absolute atomic E-state index is 0.311. The molecule has 0 radical (unpaired) electrons. The van der Waals surface area contributed by atoms with Gasteiger partial charge in [0.2, 0.25) is 0 Å². The summed E-state index contributed by atoms with van der Waals surface area (Å²) in [4.78, 5) is 0. The standard InChI is InChI=1S/C17H12N4/c18-13-16-17(12-11-14-7-3-1-4-8-14)21(20-19-16)15-9-5-2-6-10-15/h1-12H/b12-11+. The molecule has 1 heterocycles. The Balaban J connectivity index is 2.04. The lowest BCUT2D eigenvalue weighted by Gasteiger charge is -2.02. The zero-order chi connectivity index (χ0) is 14.5. The van der Waals surface area contributed by atoms with E-state index in [1.165, 1.54) is 0 Å². The van der Waals surface area contributed by atoms with Crippen LogP contribution in [0.1, 0.15) is 17.0 Å². The first-order valence-corrected chi connectivity index (χ1v) is 6.53. The molecule has 4 nitrogen and oxygen atoms in total. The molecule has 0 atom stereocenters. The fourth-order valence-electron chi connectivity index (χ4n) is 2.02. The van der Waals surface area contributed by atoms with Crippen LogP contribution in [0.4, 0.5) is 0 Å². The van der Waals surface area contributed by atoms with Crippen molar-refractivity contribution in [1.82, 2.24) is 15.0 Å². The summed E-state index contributed by atoms with van der Waals surface area (Å²) < 4.78 is 1.66. The Hall–Kier alpha value is -3.19. The van der Waals surface area contributed by atoms with E-state index in [-0.39, 0.29) is 0 Å². The predicted octanol–water partition coefficient (Wildman–Crippen LogP) is 3.31. The van der Waals surface area contributed by atoms with Crippen molar-refractivity contribution in [3.63, 3.8) is 0 Å². The Morgan fingerprint density at radius 2 is 1.57 bits per heavy atom. The number of aromatic nitrogens is 3. The molecule has 0 fully saturated rings. The summed E-state index contributed by atoms with van der Waals surface area (Å²) >= 11 is 0. The average Bonchev–Trinajstić information content (AvgIpc) is 2.97. The summed E-state index contributed by atoms with van der Waals surface area (Å²) in [5.74, 6) is 0. The van der Waals surface area contributed by atoms with Gasteiger partial charge in [0.15, 0.2) is 5.69 Å². The van der Waals surface area contributed by atoms with E-state index >= 15 is 0 Å². The first kappa shape index (κ1) is 12.8. The lowest BCUT2D eigenvalue weighted by molar-refractivity contribution is 0.797. The van der Waals surface area contributed by atoms with Gasteiger partial charge in [0.1, 0.15) is 11.8 Å². The molecule has 3 aromatic rings. The second kappa shape index (κ2) is 5.85. The highest BCUT2D eigenvalue weighted by Gasteiger charge is 2.10. The molecule has 1 aromatic heterocycles. The number of hydrogen-bond donors (Lipinski definition) is 0. The van der Waals surface area contributed by atoms with Gasteiger partial charge < -0.3 is 0 Å². The molecular formula is C17H12N4. The molecule has 3 rings (SSSR count). The average molecular weight is 272 g/mol. The quantitative estimate of drug-likeness (QED) is 0.735. The lowest BCUT2D eigenvalue weighted by Crippen LogP contribution is -1.98.